The molecule has 0 bridgehead atoms. The number of nitrogens with two attached hydrogens (primary N) is 1. The van der Waals surface area contributed by atoms with Gasteiger partial charge in [-0.25, -0.2) is 0 Å². The van der Waals surface area contributed by atoms with Crippen molar-refractivity contribution >= 4 is 18.6 Å². The summed E-state index contributed by atoms with van der Waals surface area (Å²) in [6, 6.07) is 6.41. The van der Waals surface area contributed by atoms with Gasteiger partial charge < -0.3 is 26.0 Å². The minimum Gasteiger partial charge on any atom is -0.534 e. The lowest BCUT2D eigenvalue weighted by Gasteiger charge is -2.32. The van der Waals surface area contributed by atoms with Crippen LogP contribution in [0.4, 0.5) is 0 Å². The van der Waals surface area contributed by atoms with Crippen LogP contribution >= 0.6 is 0 Å². The van der Waals surface area contributed by atoms with Crippen LogP contribution in [0.1, 0.15) is 63.0 Å². The molecule has 1 aromatic carbocycles. The van der Waals surface area contributed by atoms with E-state index >= 15 is 0 Å². The van der Waals surface area contributed by atoms with Gasteiger partial charge in [-0.1, -0.05) is 24.8 Å². The largest absolute Gasteiger partial charge is 0.547 e. The minimum atomic E-state index is -1.05. The number of carbonyl (C=O) groups excluding carboxylic acids is 1. The second kappa shape index (κ2) is 8.73. The summed E-state index contributed by atoms with van der Waals surface area (Å²) in [7, 11) is -1.05. The summed E-state index contributed by atoms with van der Waals surface area (Å²) in [4.78, 5) is 12.6. The number of nitrogens with one attached hydrogen (secondary N) is 2. The van der Waals surface area contributed by atoms with Gasteiger partial charge in [-0.15, -0.1) is 0 Å². The molecule has 7 heteroatoms. The van der Waals surface area contributed by atoms with Gasteiger partial charge in [0.15, 0.2) is 0 Å². The van der Waals surface area contributed by atoms with Gasteiger partial charge in [0.2, 0.25) is 5.91 Å². The van der Waals surface area contributed by atoms with Crippen molar-refractivity contribution in [2.45, 2.75) is 75.8 Å². The van der Waals surface area contributed by atoms with Crippen molar-refractivity contribution in [3.05, 3.63) is 35.9 Å². The molecule has 162 valence electrons. The zero-order valence-electron chi connectivity index (χ0n) is 18.0. The molecule has 0 saturated heterocycles. The molecule has 30 heavy (non-hydrogen) atoms. The van der Waals surface area contributed by atoms with Crippen LogP contribution in [0.25, 0.3) is 5.57 Å². The molecule has 0 radical (unpaired) electrons. The van der Waals surface area contributed by atoms with Crippen LogP contribution in [0.3, 0.4) is 0 Å². The van der Waals surface area contributed by atoms with Crippen molar-refractivity contribution in [1.29, 1.82) is 0 Å². The fourth-order valence-electron chi connectivity index (χ4n) is 4.67. The van der Waals surface area contributed by atoms with E-state index in [0.29, 0.717) is 30.6 Å². The maximum atomic E-state index is 12.6. The number of hydrogen-bond donors (Lipinski definition) is 4. The van der Waals surface area contributed by atoms with Crippen LogP contribution in [0.2, 0.25) is 0 Å². The molecule has 0 spiro atoms. The van der Waals surface area contributed by atoms with Crippen molar-refractivity contribution in [3.63, 3.8) is 0 Å². The van der Waals surface area contributed by atoms with E-state index in [0.717, 1.165) is 61.8 Å². The lowest BCUT2D eigenvalue weighted by molar-refractivity contribution is -0.122. The maximum absolute atomic E-state index is 12.6. The standard InChI is InChI=1S/C23H34BN3O3/c1-15(2)19-5-3-4-17-13-20(24(29)30-22(17)19)27-21(28)12-16-6-8-18(9-7-16)26-14-23(25)10-11-23/h3-5,16,18,20,26,29H,1,6-14,25H2,2H3,(H,27,28)/t16?,18?,20-/m0/s1. The number of carbonyl (C=O) groups is 1. The van der Waals surface area contributed by atoms with Crippen molar-refractivity contribution in [2.24, 2.45) is 11.7 Å². The van der Waals surface area contributed by atoms with Crippen molar-refractivity contribution in [1.82, 2.24) is 10.6 Å². The van der Waals surface area contributed by atoms with E-state index in [2.05, 4.69) is 17.2 Å². The van der Waals surface area contributed by atoms with Crippen LogP contribution in [0.15, 0.2) is 24.8 Å². The molecule has 1 aromatic rings. The Balaban J connectivity index is 1.24. The Morgan fingerprint density at radius 2 is 2.07 bits per heavy atom. The molecule has 2 aliphatic carbocycles. The highest BCUT2D eigenvalue weighted by Gasteiger charge is 2.39. The normalized spacial score (nSPS) is 27.0. The van der Waals surface area contributed by atoms with Crippen molar-refractivity contribution in [3.8, 4) is 5.75 Å². The SMILES string of the molecule is C=C(C)c1cccc2c1OB(O)[C@@H](NC(=O)CC1CCC(NCC3(N)CC3)CC1)C2. The number of benzene rings is 1. The fraction of sp³-hybridized carbons (Fsp3) is 0.609. The molecule has 0 aromatic heterocycles. The van der Waals surface area contributed by atoms with Gasteiger partial charge in [-0.3, -0.25) is 4.79 Å². The number of fused-ring (bicyclic) bond motifs is 1. The Morgan fingerprint density at radius 3 is 2.73 bits per heavy atom. The molecular weight excluding hydrogens is 377 g/mol. The summed E-state index contributed by atoms with van der Waals surface area (Å²) < 4.78 is 5.76. The number of amides is 1. The molecule has 1 heterocycles. The quantitative estimate of drug-likeness (QED) is 0.516. The van der Waals surface area contributed by atoms with Gasteiger partial charge in [0.05, 0.1) is 5.94 Å². The van der Waals surface area contributed by atoms with E-state index in [-0.39, 0.29) is 11.4 Å². The third-order valence-electron chi connectivity index (χ3n) is 6.88. The monoisotopic (exact) mass is 411 g/mol. The van der Waals surface area contributed by atoms with Gasteiger partial charge in [0.25, 0.3) is 0 Å². The summed E-state index contributed by atoms with van der Waals surface area (Å²) in [6.07, 6.45) is 7.63. The van der Waals surface area contributed by atoms with E-state index in [1.165, 1.54) is 0 Å². The summed E-state index contributed by atoms with van der Waals surface area (Å²) in [5, 5.41) is 17.1. The van der Waals surface area contributed by atoms with Crippen LogP contribution < -0.4 is 21.0 Å². The predicted octanol–water partition coefficient (Wildman–Crippen LogP) is 2.19. The fourth-order valence-corrected chi connectivity index (χ4v) is 4.67. The smallest absolute Gasteiger partial charge is 0.534 e. The second-order valence-electron chi connectivity index (χ2n) is 9.63. The zero-order chi connectivity index (χ0) is 21.3. The first-order valence-electron chi connectivity index (χ1n) is 11.3. The predicted molar refractivity (Wildman–Crippen MR) is 120 cm³/mol. The van der Waals surface area contributed by atoms with Gasteiger partial charge >= 0.3 is 7.12 Å². The lowest BCUT2D eigenvalue weighted by atomic mass is 9.72. The van der Waals surface area contributed by atoms with Crippen molar-refractivity contribution < 1.29 is 14.5 Å². The third kappa shape index (κ3) is 5.07. The minimum absolute atomic E-state index is 0.00236. The van der Waals surface area contributed by atoms with Crippen LogP contribution in [0.5, 0.6) is 5.75 Å². The average Bonchev–Trinajstić information content (AvgIpc) is 3.45. The molecular formula is C23H34BN3O3. The molecule has 4 rings (SSSR count). The van der Waals surface area contributed by atoms with Crippen molar-refractivity contribution in [2.75, 3.05) is 6.54 Å². The number of hydrogen-bond acceptors (Lipinski definition) is 5. The van der Waals surface area contributed by atoms with E-state index in [9.17, 15) is 9.82 Å². The molecule has 2 saturated carbocycles. The summed E-state index contributed by atoms with van der Waals surface area (Å²) in [5.74, 6) is 0.652. The highest BCUT2D eigenvalue weighted by molar-refractivity contribution is 6.46. The Labute approximate surface area is 179 Å². The number of para-hydroxylation sites is 1. The van der Waals surface area contributed by atoms with Gasteiger partial charge in [-0.2, -0.15) is 0 Å². The van der Waals surface area contributed by atoms with E-state index in [4.69, 9.17) is 10.4 Å². The first-order chi connectivity index (χ1) is 14.3. The molecule has 2 fully saturated rings. The number of allylic oxidation sites excluding steroid dienone is 1. The summed E-state index contributed by atoms with van der Waals surface area (Å²) >= 11 is 0. The molecule has 0 unspecified atom stereocenters. The van der Waals surface area contributed by atoms with Crippen LogP contribution in [0, 0.1) is 5.92 Å². The summed E-state index contributed by atoms with van der Waals surface area (Å²) in [6.45, 7) is 6.81. The highest BCUT2D eigenvalue weighted by atomic mass is 16.5. The Bertz CT molecular complexity index is 803. The molecule has 5 N–H and O–H groups in total. The van der Waals surface area contributed by atoms with Gasteiger partial charge in [0, 0.05) is 30.1 Å². The molecule has 6 nitrogen and oxygen atoms in total. The molecule has 3 aliphatic rings. The first kappa shape index (κ1) is 21.4. The first-order valence-corrected chi connectivity index (χ1v) is 11.3. The van der Waals surface area contributed by atoms with Crippen LogP contribution in [-0.2, 0) is 11.2 Å². The molecule has 1 atom stereocenters. The number of rotatable bonds is 7. The molecule has 1 amide bonds. The van der Waals surface area contributed by atoms with E-state index in [1.807, 2.05) is 25.1 Å². The Morgan fingerprint density at radius 1 is 1.33 bits per heavy atom. The Hall–Kier alpha value is -1.83. The van der Waals surface area contributed by atoms with Crippen LogP contribution in [-0.4, -0.2) is 42.1 Å². The average molecular weight is 411 g/mol. The third-order valence-corrected chi connectivity index (χ3v) is 6.88. The summed E-state index contributed by atoms with van der Waals surface area (Å²) in [5.41, 5.74) is 9.00. The van der Waals surface area contributed by atoms with Gasteiger partial charge in [0.1, 0.15) is 5.75 Å². The zero-order valence-corrected chi connectivity index (χ0v) is 18.0. The van der Waals surface area contributed by atoms with Gasteiger partial charge in [-0.05, 0) is 68.9 Å². The van der Waals surface area contributed by atoms with E-state index < -0.39 is 13.1 Å². The Kier molecular flexibility index (Phi) is 6.23. The topological polar surface area (TPSA) is 96.6 Å². The lowest BCUT2D eigenvalue weighted by Crippen LogP contribution is -2.53. The highest BCUT2D eigenvalue weighted by Crippen LogP contribution is 2.34. The second-order valence-corrected chi connectivity index (χ2v) is 9.63. The molecule has 1 aliphatic heterocycles. The maximum Gasteiger partial charge on any atom is 0.547 e. The van der Waals surface area contributed by atoms with E-state index in [1.54, 1.807) is 0 Å².